The number of carbonyl (C=O) groups is 1. The second-order valence-corrected chi connectivity index (χ2v) is 5.50. The minimum Gasteiger partial charge on any atom is -0.372 e. The van der Waals surface area contributed by atoms with E-state index in [9.17, 15) is 4.79 Å². The quantitative estimate of drug-likeness (QED) is 0.839. The van der Waals surface area contributed by atoms with E-state index in [1.165, 1.54) is 18.5 Å². The molecule has 1 atom stereocenters. The number of rotatable bonds is 6. The second kappa shape index (κ2) is 7.29. The van der Waals surface area contributed by atoms with Crippen molar-refractivity contribution in [3.63, 3.8) is 0 Å². The van der Waals surface area contributed by atoms with Crippen molar-refractivity contribution in [2.75, 3.05) is 29.9 Å². The molecule has 1 aliphatic heterocycles. The molecule has 3 N–H and O–H groups in total. The molecule has 0 spiro atoms. The lowest BCUT2D eigenvalue weighted by molar-refractivity contribution is -0.117. The summed E-state index contributed by atoms with van der Waals surface area (Å²) < 4.78 is 0. The Morgan fingerprint density at radius 1 is 1.30 bits per heavy atom. The molecule has 1 heterocycles. The van der Waals surface area contributed by atoms with Crippen LogP contribution in [0.2, 0.25) is 0 Å². The Kier molecular flexibility index (Phi) is 5.41. The van der Waals surface area contributed by atoms with Gasteiger partial charge in [0.1, 0.15) is 0 Å². The minimum atomic E-state index is 0.0521. The van der Waals surface area contributed by atoms with E-state index in [2.05, 4.69) is 29.3 Å². The third-order valence-corrected chi connectivity index (χ3v) is 4.01. The third-order valence-electron chi connectivity index (χ3n) is 4.01. The predicted molar refractivity (Wildman–Crippen MR) is 84.0 cm³/mol. The molecule has 20 heavy (non-hydrogen) atoms. The summed E-state index contributed by atoms with van der Waals surface area (Å²) in [6.07, 6.45) is 3.99. The first-order chi connectivity index (χ1) is 9.72. The van der Waals surface area contributed by atoms with Crippen molar-refractivity contribution in [2.24, 2.45) is 11.7 Å². The number of anilines is 2. The van der Waals surface area contributed by atoms with Gasteiger partial charge in [0.2, 0.25) is 5.91 Å². The van der Waals surface area contributed by atoms with Crippen molar-refractivity contribution >= 4 is 17.3 Å². The highest BCUT2D eigenvalue weighted by atomic mass is 16.1. The lowest BCUT2D eigenvalue weighted by Crippen LogP contribution is -2.21. The molecule has 110 valence electrons. The first-order valence-electron chi connectivity index (χ1n) is 7.58. The van der Waals surface area contributed by atoms with Crippen LogP contribution in [-0.4, -0.2) is 25.5 Å². The number of hydrogen-bond donors (Lipinski definition) is 2. The van der Waals surface area contributed by atoms with Crippen molar-refractivity contribution < 1.29 is 4.79 Å². The fourth-order valence-corrected chi connectivity index (χ4v) is 2.60. The zero-order chi connectivity index (χ0) is 14.4. The molecule has 4 nitrogen and oxygen atoms in total. The maximum absolute atomic E-state index is 11.9. The fraction of sp³-hybridized carbons (Fsp3) is 0.562. The maximum atomic E-state index is 11.9. The molecular formula is C16H25N3O. The Morgan fingerprint density at radius 3 is 2.50 bits per heavy atom. The highest BCUT2D eigenvalue weighted by Gasteiger charge is 2.13. The minimum absolute atomic E-state index is 0.0521. The Hall–Kier alpha value is -1.55. The van der Waals surface area contributed by atoms with Gasteiger partial charge in [-0.15, -0.1) is 0 Å². The van der Waals surface area contributed by atoms with Crippen LogP contribution in [0.25, 0.3) is 0 Å². The number of benzene rings is 1. The summed E-state index contributed by atoms with van der Waals surface area (Å²) in [6, 6.07) is 8.13. The van der Waals surface area contributed by atoms with Crippen LogP contribution in [0.4, 0.5) is 11.4 Å². The van der Waals surface area contributed by atoms with E-state index < -0.39 is 0 Å². The largest absolute Gasteiger partial charge is 0.372 e. The van der Waals surface area contributed by atoms with Gasteiger partial charge in [0.25, 0.3) is 0 Å². The van der Waals surface area contributed by atoms with Gasteiger partial charge in [0, 0.05) is 30.9 Å². The molecule has 1 aliphatic rings. The lowest BCUT2D eigenvalue weighted by Gasteiger charge is -2.18. The molecular weight excluding hydrogens is 250 g/mol. The van der Waals surface area contributed by atoms with Gasteiger partial charge in [0.15, 0.2) is 0 Å². The summed E-state index contributed by atoms with van der Waals surface area (Å²) in [5.74, 6) is 0.329. The van der Waals surface area contributed by atoms with Crippen molar-refractivity contribution in [1.82, 2.24) is 0 Å². The van der Waals surface area contributed by atoms with Crippen molar-refractivity contribution in [1.29, 1.82) is 0 Å². The van der Waals surface area contributed by atoms with Crippen LogP contribution >= 0.6 is 0 Å². The van der Waals surface area contributed by atoms with Gasteiger partial charge in [-0.1, -0.05) is 13.3 Å². The van der Waals surface area contributed by atoms with Crippen LogP contribution < -0.4 is 16.0 Å². The Balaban J connectivity index is 1.88. The van der Waals surface area contributed by atoms with Crippen molar-refractivity contribution in [3.05, 3.63) is 24.3 Å². The van der Waals surface area contributed by atoms with E-state index in [4.69, 9.17) is 5.73 Å². The molecule has 0 radical (unpaired) electrons. The van der Waals surface area contributed by atoms with Crippen LogP contribution in [0.1, 0.15) is 32.6 Å². The molecule has 0 bridgehead atoms. The summed E-state index contributed by atoms with van der Waals surface area (Å²) in [7, 11) is 0. The standard InChI is InChI=1S/C16H25N3O/c1-2-13(12-17)11-16(20)18-14-5-7-15(8-6-14)19-9-3-4-10-19/h5-8,13H,2-4,9-12,17H2,1H3,(H,18,20). The van der Waals surface area contributed by atoms with Gasteiger partial charge >= 0.3 is 0 Å². The zero-order valence-corrected chi connectivity index (χ0v) is 12.3. The third kappa shape index (κ3) is 3.97. The first kappa shape index (κ1) is 14.9. The van der Waals surface area contributed by atoms with Gasteiger partial charge in [-0.05, 0) is 49.6 Å². The van der Waals surface area contributed by atoms with E-state index in [1.54, 1.807) is 0 Å². The summed E-state index contributed by atoms with van der Waals surface area (Å²) in [4.78, 5) is 14.3. The molecule has 0 aromatic heterocycles. The van der Waals surface area contributed by atoms with Gasteiger partial charge in [-0.2, -0.15) is 0 Å². The van der Waals surface area contributed by atoms with Crippen LogP contribution in [0, 0.1) is 5.92 Å². The number of nitrogens with one attached hydrogen (secondary N) is 1. The zero-order valence-electron chi connectivity index (χ0n) is 12.3. The topological polar surface area (TPSA) is 58.4 Å². The number of nitrogens with zero attached hydrogens (tertiary/aromatic N) is 1. The molecule has 1 saturated heterocycles. The predicted octanol–water partition coefficient (Wildman–Crippen LogP) is 2.60. The van der Waals surface area contributed by atoms with Gasteiger partial charge in [0.05, 0.1) is 0 Å². The Bertz CT molecular complexity index is 420. The monoisotopic (exact) mass is 275 g/mol. The van der Waals surface area contributed by atoms with E-state index >= 15 is 0 Å². The maximum Gasteiger partial charge on any atom is 0.224 e. The summed E-state index contributed by atoms with van der Waals surface area (Å²) >= 11 is 0. The van der Waals surface area contributed by atoms with Crippen LogP contribution in [0.15, 0.2) is 24.3 Å². The first-order valence-corrected chi connectivity index (χ1v) is 7.58. The van der Waals surface area contributed by atoms with Crippen molar-refractivity contribution in [2.45, 2.75) is 32.6 Å². The molecule has 2 rings (SSSR count). The SMILES string of the molecule is CCC(CN)CC(=O)Nc1ccc(N2CCCC2)cc1. The molecule has 0 saturated carbocycles. The smallest absolute Gasteiger partial charge is 0.224 e. The number of nitrogens with two attached hydrogens (primary N) is 1. The molecule has 1 unspecified atom stereocenters. The number of hydrogen-bond acceptors (Lipinski definition) is 3. The Labute approximate surface area is 121 Å². The number of carbonyl (C=O) groups excluding carboxylic acids is 1. The van der Waals surface area contributed by atoms with Gasteiger partial charge in [-0.25, -0.2) is 0 Å². The lowest BCUT2D eigenvalue weighted by atomic mass is 10.0. The second-order valence-electron chi connectivity index (χ2n) is 5.50. The average molecular weight is 275 g/mol. The van der Waals surface area contributed by atoms with Crippen LogP contribution in [-0.2, 0) is 4.79 Å². The highest BCUT2D eigenvalue weighted by Crippen LogP contribution is 2.22. The van der Waals surface area contributed by atoms with Gasteiger partial charge in [-0.3, -0.25) is 4.79 Å². The summed E-state index contributed by atoms with van der Waals surface area (Å²) in [6.45, 7) is 4.91. The molecule has 0 aliphatic carbocycles. The summed E-state index contributed by atoms with van der Waals surface area (Å²) in [5, 5.41) is 2.95. The summed E-state index contributed by atoms with van der Waals surface area (Å²) in [5.41, 5.74) is 7.74. The molecule has 1 amide bonds. The highest BCUT2D eigenvalue weighted by molar-refractivity contribution is 5.91. The van der Waals surface area contributed by atoms with Gasteiger partial charge < -0.3 is 16.0 Å². The normalized spacial score (nSPS) is 16.2. The van der Waals surface area contributed by atoms with Crippen molar-refractivity contribution in [3.8, 4) is 0 Å². The fourth-order valence-electron chi connectivity index (χ4n) is 2.60. The number of amides is 1. The molecule has 4 heteroatoms. The van der Waals surface area contributed by atoms with E-state index in [-0.39, 0.29) is 11.8 Å². The van der Waals surface area contributed by atoms with Crippen LogP contribution in [0.5, 0.6) is 0 Å². The van der Waals surface area contributed by atoms with E-state index in [0.29, 0.717) is 13.0 Å². The average Bonchev–Trinajstić information content (AvgIpc) is 2.99. The molecule has 1 aromatic rings. The molecule has 1 aromatic carbocycles. The van der Waals surface area contributed by atoms with E-state index in [1.807, 2.05) is 12.1 Å². The van der Waals surface area contributed by atoms with Crippen LogP contribution in [0.3, 0.4) is 0 Å². The van der Waals surface area contributed by atoms with E-state index in [0.717, 1.165) is 25.2 Å². The molecule has 1 fully saturated rings. The Morgan fingerprint density at radius 2 is 1.95 bits per heavy atom.